The molecule has 7 heteroatoms. The SMILES string of the molecule is O=C([O-])CCCCCSCCCCCC(=O)[O-].[Na+].[Na+]. The van der Waals surface area contributed by atoms with Gasteiger partial charge in [0.05, 0.1) is 0 Å². The maximum absolute atomic E-state index is 10.1. The molecule has 0 aliphatic carbocycles. The first-order valence-electron chi connectivity index (χ1n) is 6.10. The van der Waals surface area contributed by atoms with E-state index in [0.29, 0.717) is 12.8 Å². The summed E-state index contributed by atoms with van der Waals surface area (Å²) in [5.41, 5.74) is 0. The first-order valence-corrected chi connectivity index (χ1v) is 7.26. The molecular formula is C12H20Na2O4S. The van der Waals surface area contributed by atoms with Crippen molar-refractivity contribution in [3.05, 3.63) is 0 Å². The molecule has 0 aromatic heterocycles. The van der Waals surface area contributed by atoms with Gasteiger partial charge in [-0.3, -0.25) is 0 Å². The molecule has 0 fully saturated rings. The second-order valence-electron chi connectivity index (χ2n) is 3.98. The summed E-state index contributed by atoms with van der Waals surface area (Å²) in [6.45, 7) is 0. The normalized spacial score (nSPS) is 9.26. The number of thioether (sulfide) groups is 1. The van der Waals surface area contributed by atoms with Crippen LogP contribution in [-0.4, -0.2) is 23.4 Å². The number of carbonyl (C=O) groups is 2. The van der Waals surface area contributed by atoms with Gasteiger partial charge in [-0.15, -0.1) is 0 Å². The predicted octanol–water partition coefficient (Wildman–Crippen LogP) is -5.65. The molecule has 0 aliphatic heterocycles. The molecule has 0 N–H and O–H groups in total. The zero-order valence-corrected chi connectivity index (χ0v) is 16.9. The van der Waals surface area contributed by atoms with Crippen LogP contribution < -0.4 is 69.3 Å². The number of carboxylic acid groups (broad SMARTS) is 2. The van der Waals surface area contributed by atoms with Crippen LogP contribution in [0.1, 0.15) is 51.4 Å². The molecule has 0 rings (SSSR count). The monoisotopic (exact) mass is 306 g/mol. The Balaban J connectivity index is -0.00000128. The van der Waals surface area contributed by atoms with Crippen LogP contribution in [0.5, 0.6) is 0 Å². The van der Waals surface area contributed by atoms with Crippen molar-refractivity contribution in [1.82, 2.24) is 0 Å². The van der Waals surface area contributed by atoms with Crippen LogP contribution in [0.4, 0.5) is 0 Å². The van der Waals surface area contributed by atoms with E-state index in [-0.39, 0.29) is 72.0 Å². The summed E-state index contributed by atoms with van der Waals surface area (Å²) < 4.78 is 0. The maximum atomic E-state index is 10.1. The zero-order chi connectivity index (χ0) is 12.9. The van der Waals surface area contributed by atoms with Crippen LogP contribution in [0.25, 0.3) is 0 Å². The average Bonchev–Trinajstić information content (AvgIpc) is 2.25. The van der Waals surface area contributed by atoms with Crippen LogP contribution in [0, 0.1) is 0 Å². The molecule has 0 aromatic carbocycles. The van der Waals surface area contributed by atoms with Crippen LogP contribution in [0.3, 0.4) is 0 Å². The number of rotatable bonds is 12. The van der Waals surface area contributed by atoms with Crippen LogP contribution in [0.2, 0.25) is 0 Å². The van der Waals surface area contributed by atoms with Gasteiger partial charge in [0.1, 0.15) is 0 Å². The van der Waals surface area contributed by atoms with E-state index < -0.39 is 11.9 Å². The van der Waals surface area contributed by atoms with E-state index in [2.05, 4.69) is 0 Å². The van der Waals surface area contributed by atoms with Gasteiger partial charge < -0.3 is 19.8 Å². The molecule has 19 heavy (non-hydrogen) atoms. The number of unbranched alkanes of at least 4 members (excludes halogenated alkanes) is 4. The average molecular weight is 306 g/mol. The second-order valence-corrected chi connectivity index (χ2v) is 5.20. The Hall–Kier alpha value is 1.29. The molecule has 0 amide bonds. The smallest absolute Gasteiger partial charge is 0.550 e. The molecule has 0 aromatic rings. The summed E-state index contributed by atoms with van der Waals surface area (Å²) >= 11 is 1.84. The molecule has 0 radical (unpaired) electrons. The minimum atomic E-state index is -0.967. The van der Waals surface area contributed by atoms with E-state index in [1.54, 1.807) is 0 Å². The molecule has 0 bridgehead atoms. The molecule has 0 heterocycles. The van der Waals surface area contributed by atoms with Crippen LogP contribution >= 0.6 is 11.8 Å². The van der Waals surface area contributed by atoms with Gasteiger partial charge in [0.25, 0.3) is 0 Å². The number of aliphatic carboxylic acids is 2. The zero-order valence-electron chi connectivity index (χ0n) is 12.1. The van der Waals surface area contributed by atoms with E-state index in [1.165, 1.54) is 0 Å². The topological polar surface area (TPSA) is 80.3 Å². The first-order chi connectivity index (χ1) is 8.13. The molecule has 100 valence electrons. The molecule has 0 aliphatic rings. The summed E-state index contributed by atoms with van der Waals surface area (Å²) in [4.78, 5) is 20.2. The molecule has 0 saturated carbocycles. The summed E-state index contributed by atoms with van der Waals surface area (Å²) in [5.74, 6) is 0.164. The Labute approximate surface area is 164 Å². The molecular weight excluding hydrogens is 286 g/mol. The van der Waals surface area contributed by atoms with Gasteiger partial charge in [0.15, 0.2) is 0 Å². The third-order valence-corrected chi connectivity index (χ3v) is 3.49. The van der Waals surface area contributed by atoms with E-state index in [1.807, 2.05) is 11.8 Å². The van der Waals surface area contributed by atoms with Crippen molar-refractivity contribution < 1.29 is 78.9 Å². The van der Waals surface area contributed by atoms with Gasteiger partial charge in [-0.1, -0.05) is 12.8 Å². The van der Waals surface area contributed by atoms with Crippen molar-refractivity contribution in [2.24, 2.45) is 0 Å². The summed E-state index contributed by atoms with van der Waals surface area (Å²) in [5, 5.41) is 20.2. The summed E-state index contributed by atoms with van der Waals surface area (Å²) in [6, 6.07) is 0. The number of carbonyl (C=O) groups excluding carboxylic acids is 2. The van der Waals surface area contributed by atoms with Crippen LogP contribution in [-0.2, 0) is 9.59 Å². The Morgan fingerprint density at radius 3 is 1.37 bits per heavy atom. The third-order valence-electron chi connectivity index (χ3n) is 2.34. The minimum absolute atomic E-state index is 0. The number of hydrogen-bond donors (Lipinski definition) is 0. The van der Waals surface area contributed by atoms with Crippen molar-refractivity contribution >= 4 is 23.7 Å². The molecule has 0 saturated heterocycles. The van der Waals surface area contributed by atoms with Gasteiger partial charge in [-0.2, -0.15) is 11.8 Å². The Morgan fingerprint density at radius 2 is 1.05 bits per heavy atom. The van der Waals surface area contributed by atoms with Gasteiger partial charge in [-0.25, -0.2) is 0 Å². The fraction of sp³-hybridized carbons (Fsp3) is 0.833. The van der Waals surface area contributed by atoms with Gasteiger partial charge in [0, 0.05) is 11.9 Å². The largest absolute Gasteiger partial charge is 1.00 e. The first kappa shape index (κ1) is 25.3. The van der Waals surface area contributed by atoms with Crippen molar-refractivity contribution in [3.63, 3.8) is 0 Å². The van der Waals surface area contributed by atoms with Crippen molar-refractivity contribution in [2.45, 2.75) is 51.4 Å². The number of hydrogen-bond acceptors (Lipinski definition) is 5. The van der Waals surface area contributed by atoms with Crippen molar-refractivity contribution in [3.8, 4) is 0 Å². The predicted molar refractivity (Wildman–Crippen MR) is 64.3 cm³/mol. The Kier molecular flexibility index (Phi) is 25.6. The standard InChI is InChI=1S/C12H22O4S.2Na/c13-11(14)7-3-1-5-9-17-10-6-2-4-8-12(15)16;;/h1-10H2,(H,13,14)(H,15,16);;/q;2*+1/p-2. The molecule has 0 spiro atoms. The fourth-order valence-corrected chi connectivity index (χ4v) is 2.42. The summed E-state index contributed by atoms with van der Waals surface area (Å²) in [7, 11) is 0. The number of carboxylic acids is 2. The van der Waals surface area contributed by atoms with Crippen molar-refractivity contribution in [1.29, 1.82) is 0 Å². The van der Waals surface area contributed by atoms with Crippen molar-refractivity contribution in [2.75, 3.05) is 11.5 Å². The Bertz CT molecular complexity index is 206. The second kappa shape index (κ2) is 19.3. The molecule has 4 nitrogen and oxygen atoms in total. The third kappa shape index (κ3) is 24.7. The van der Waals surface area contributed by atoms with E-state index in [4.69, 9.17) is 0 Å². The quantitative estimate of drug-likeness (QED) is 0.265. The molecule has 0 unspecified atom stereocenters. The van der Waals surface area contributed by atoms with Gasteiger partial charge in [-0.05, 0) is 50.0 Å². The van der Waals surface area contributed by atoms with Gasteiger partial charge >= 0.3 is 59.1 Å². The van der Waals surface area contributed by atoms with E-state index in [0.717, 1.165) is 37.2 Å². The maximum Gasteiger partial charge on any atom is 1.00 e. The van der Waals surface area contributed by atoms with Crippen LogP contribution in [0.15, 0.2) is 0 Å². The van der Waals surface area contributed by atoms with E-state index >= 15 is 0 Å². The van der Waals surface area contributed by atoms with Gasteiger partial charge in [0.2, 0.25) is 0 Å². The summed E-state index contributed by atoms with van der Waals surface area (Å²) in [6.07, 6.45) is 5.68. The molecule has 0 atom stereocenters. The minimum Gasteiger partial charge on any atom is -0.550 e. The fourth-order valence-electron chi connectivity index (χ4n) is 1.40. The Morgan fingerprint density at radius 1 is 0.684 bits per heavy atom. The van der Waals surface area contributed by atoms with E-state index in [9.17, 15) is 19.8 Å².